The molecule has 1 atom stereocenters. The lowest BCUT2D eigenvalue weighted by atomic mass is 9.99. The van der Waals surface area contributed by atoms with Crippen LogP contribution in [0.5, 0.6) is 0 Å². The van der Waals surface area contributed by atoms with E-state index in [4.69, 9.17) is 0 Å². The predicted octanol–water partition coefficient (Wildman–Crippen LogP) is 2.64. The van der Waals surface area contributed by atoms with E-state index in [0.29, 0.717) is 43.3 Å². The predicted molar refractivity (Wildman–Crippen MR) is 108 cm³/mol. The van der Waals surface area contributed by atoms with Crippen LogP contribution >= 0.6 is 0 Å². The molecule has 28 heavy (non-hydrogen) atoms. The van der Waals surface area contributed by atoms with Gasteiger partial charge in [0, 0.05) is 57.4 Å². The van der Waals surface area contributed by atoms with Crippen molar-refractivity contribution in [3.05, 3.63) is 29.8 Å². The molecule has 2 aliphatic heterocycles. The Hall–Kier alpha value is -2.57. The first-order chi connectivity index (χ1) is 13.4. The highest BCUT2D eigenvalue weighted by molar-refractivity contribution is 5.95. The molecule has 0 aliphatic carbocycles. The van der Waals surface area contributed by atoms with Crippen molar-refractivity contribution in [2.24, 2.45) is 5.92 Å². The number of amides is 4. The summed E-state index contributed by atoms with van der Waals surface area (Å²) in [7, 11) is 0. The van der Waals surface area contributed by atoms with Gasteiger partial charge in [0.05, 0.1) is 0 Å². The van der Waals surface area contributed by atoms with Crippen LogP contribution in [0, 0.1) is 5.92 Å². The fraction of sp³-hybridized carbons (Fsp3) is 0.571. The Labute approximate surface area is 166 Å². The highest BCUT2D eigenvalue weighted by Crippen LogP contribution is 2.19. The summed E-state index contributed by atoms with van der Waals surface area (Å²) < 4.78 is 0. The van der Waals surface area contributed by atoms with Crippen LogP contribution in [0.25, 0.3) is 0 Å². The second-order valence-electron chi connectivity index (χ2n) is 7.85. The van der Waals surface area contributed by atoms with Crippen LogP contribution in [0.2, 0.25) is 0 Å². The Balaban J connectivity index is 1.55. The molecule has 0 aromatic heterocycles. The van der Waals surface area contributed by atoms with Crippen molar-refractivity contribution in [1.29, 1.82) is 0 Å². The number of nitrogens with zero attached hydrogens (tertiary/aromatic N) is 3. The normalized spacial score (nSPS) is 20.5. The Morgan fingerprint density at radius 2 is 1.54 bits per heavy atom. The number of carbonyl (C=O) groups is 3. The van der Waals surface area contributed by atoms with E-state index >= 15 is 0 Å². The Kier molecular flexibility index (Phi) is 6.54. The van der Waals surface area contributed by atoms with Crippen molar-refractivity contribution in [2.75, 3.05) is 44.6 Å². The molecule has 0 saturated carbocycles. The molecule has 2 aliphatic rings. The molecule has 1 N–H and O–H groups in total. The number of likely N-dealkylation sites (tertiary alicyclic amines) is 1. The van der Waals surface area contributed by atoms with E-state index in [-0.39, 0.29) is 17.8 Å². The standard InChI is InChI=1S/C21H30N4O3/c1-16-5-3-10-25(15-16)20(27)18-6-8-19(9-7-18)22-21(28)24-12-4-11-23(13-14-24)17(2)26/h6-9,16H,3-5,10-15H2,1-2H3,(H,22,28)/t16-/m1/s1. The summed E-state index contributed by atoms with van der Waals surface area (Å²) in [5.41, 5.74) is 1.32. The highest BCUT2D eigenvalue weighted by Gasteiger charge is 2.23. The first-order valence-electron chi connectivity index (χ1n) is 10.1. The quantitative estimate of drug-likeness (QED) is 0.849. The van der Waals surface area contributed by atoms with E-state index < -0.39 is 0 Å². The van der Waals surface area contributed by atoms with Crippen LogP contribution in [0.1, 0.15) is 43.5 Å². The van der Waals surface area contributed by atoms with Crippen molar-refractivity contribution in [1.82, 2.24) is 14.7 Å². The summed E-state index contributed by atoms with van der Waals surface area (Å²) in [5, 5.41) is 2.89. The number of piperidine rings is 1. The molecule has 2 fully saturated rings. The topological polar surface area (TPSA) is 73.0 Å². The fourth-order valence-electron chi connectivity index (χ4n) is 3.89. The summed E-state index contributed by atoms with van der Waals surface area (Å²) in [6, 6.07) is 6.93. The van der Waals surface area contributed by atoms with Gasteiger partial charge in [-0.1, -0.05) is 6.92 Å². The number of anilines is 1. The number of hydrogen-bond donors (Lipinski definition) is 1. The molecule has 0 radical (unpaired) electrons. The summed E-state index contributed by atoms with van der Waals surface area (Å²) in [5.74, 6) is 0.649. The molecule has 0 bridgehead atoms. The van der Waals surface area contributed by atoms with E-state index in [1.54, 1.807) is 41.0 Å². The molecule has 1 aromatic rings. The monoisotopic (exact) mass is 386 g/mol. The molecular weight excluding hydrogens is 356 g/mol. The van der Waals surface area contributed by atoms with Crippen molar-refractivity contribution >= 4 is 23.5 Å². The van der Waals surface area contributed by atoms with Gasteiger partial charge in [0.15, 0.2) is 0 Å². The minimum Gasteiger partial charge on any atom is -0.341 e. The van der Waals surface area contributed by atoms with Crippen LogP contribution in [-0.2, 0) is 4.79 Å². The maximum absolute atomic E-state index is 12.6. The third-order valence-corrected chi connectivity index (χ3v) is 5.56. The molecule has 4 amide bonds. The smallest absolute Gasteiger partial charge is 0.321 e. The molecule has 1 aromatic carbocycles. The van der Waals surface area contributed by atoms with Gasteiger partial charge in [-0.2, -0.15) is 0 Å². The van der Waals surface area contributed by atoms with Gasteiger partial charge in [0.2, 0.25) is 5.91 Å². The second kappa shape index (κ2) is 9.08. The molecule has 0 spiro atoms. The summed E-state index contributed by atoms with van der Waals surface area (Å²) in [4.78, 5) is 42.1. The van der Waals surface area contributed by atoms with Crippen LogP contribution < -0.4 is 5.32 Å². The third kappa shape index (κ3) is 5.03. The van der Waals surface area contributed by atoms with Gasteiger partial charge >= 0.3 is 6.03 Å². The van der Waals surface area contributed by atoms with E-state index in [9.17, 15) is 14.4 Å². The van der Waals surface area contributed by atoms with Crippen molar-refractivity contribution in [3.63, 3.8) is 0 Å². The van der Waals surface area contributed by atoms with Gasteiger partial charge in [-0.3, -0.25) is 9.59 Å². The summed E-state index contributed by atoms with van der Waals surface area (Å²) in [6.07, 6.45) is 3.00. The largest absolute Gasteiger partial charge is 0.341 e. The van der Waals surface area contributed by atoms with E-state index in [1.165, 1.54) is 6.42 Å². The highest BCUT2D eigenvalue weighted by atomic mass is 16.2. The van der Waals surface area contributed by atoms with Gasteiger partial charge in [-0.25, -0.2) is 4.79 Å². The third-order valence-electron chi connectivity index (χ3n) is 5.56. The van der Waals surface area contributed by atoms with Gasteiger partial charge in [-0.05, 0) is 49.4 Å². The first-order valence-corrected chi connectivity index (χ1v) is 10.1. The first kappa shape index (κ1) is 20.2. The van der Waals surface area contributed by atoms with Crippen LogP contribution in [0.4, 0.5) is 10.5 Å². The molecule has 0 unspecified atom stereocenters. The zero-order valence-electron chi connectivity index (χ0n) is 16.8. The number of rotatable bonds is 2. The number of benzene rings is 1. The van der Waals surface area contributed by atoms with Crippen LogP contribution in [0.3, 0.4) is 0 Å². The lowest BCUT2D eigenvalue weighted by Gasteiger charge is -2.31. The van der Waals surface area contributed by atoms with Crippen LogP contribution in [-0.4, -0.2) is 71.8 Å². The molecule has 152 valence electrons. The average molecular weight is 386 g/mol. The van der Waals surface area contributed by atoms with Crippen molar-refractivity contribution in [2.45, 2.75) is 33.1 Å². The van der Waals surface area contributed by atoms with E-state index in [1.807, 2.05) is 4.90 Å². The Morgan fingerprint density at radius 3 is 2.21 bits per heavy atom. The van der Waals surface area contributed by atoms with E-state index in [0.717, 1.165) is 25.9 Å². The SMILES string of the molecule is CC(=O)N1CCCN(C(=O)Nc2ccc(C(=O)N3CCC[C@@H](C)C3)cc2)CC1. The molecule has 2 heterocycles. The lowest BCUT2D eigenvalue weighted by Crippen LogP contribution is -2.39. The fourth-order valence-corrected chi connectivity index (χ4v) is 3.89. The van der Waals surface area contributed by atoms with Crippen molar-refractivity contribution in [3.8, 4) is 0 Å². The lowest BCUT2D eigenvalue weighted by molar-refractivity contribution is -0.128. The van der Waals surface area contributed by atoms with E-state index in [2.05, 4.69) is 12.2 Å². The maximum atomic E-state index is 12.6. The average Bonchev–Trinajstić information content (AvgIpc) is 2.94. The number of urea groups is 1. The second-order valence-corrected chi connectivity index (χ2v) is 7.85. The summed E-state index contributed by atoms with van der Waals surface area (Å²) in [6.45, 7) is 7.75. The minimum atomic E-state index is -0.172. The zero-order chi connectivity index (χ0) is 20.1. The molecule has 7 heteroatoms. The van der Waals surface area contributed by atoms with Crippen molar-refractivity contribution < 1.29 is 14.4 Å². The Morgan fingerprint density at radius 1 is 0.893 bits per heavy atom. The van der Waals surface area contributed by atoms with Gasteiger partial charge in [0.25, 0.3) is 5.91 Å². The molecular formula is C21H30N4O3. The van der Waals surface area contributed by atoms with Crippen LogP contribution in [0.15, 0.2) is 24.3 Å². The maximum Gasteiger partial charge on any atom is 0.321 e. The van der Waals surface area contributed by atoms with Gasteiger partial charge in [-0.15, -0.1) is 0 Å². The zero-order valence-corrected chi connectivity index (χ0v) is 16.8. The van der Waals surface area contributed by atoms with Gasteiger partial charge in [0.1, 0.15) is 0 Å². The molecule has 2 saturated heterocycles. The number of hydrogen-bond acceptors (Lipinski definition) is 3. The van der Waals surface area contributed by atoms with Gasteiger partial charge < -0.3 is 20.0 Å². The minimum absolute atomic E-state index is 0.0469. The molecule has 7 nitrogen and oxygen atoms in total. The Bertz CT molecular complexity index is 719. The summed E-state index contributed by atoms with van der Waals surface area (Å²) >= 11 is 0. The molecule has 3 rings (SSSR count). The number of carbonyl (C=O) groups excluding carboxylic acids is 3. The number of nitrogens with one attached hydrogen (secondary N) is 1.